The molecule has 1 saturated heterocycles. The second-order valence-corrected chi connectivity index (χ2v) is 9.58. The highest BCUT2D eigenvalue weighted by Crippen LogP contribution is 2.55. The van der Waals surface area contributed by atoms with Crippen LogP contribution < -0.4 is 5.73 Å². The molecule has 0 aromatic rings. The molecule has 0 spiro atoms. The van der Waals surface area contributed by atoms with E-state index >= 15 is 0 Å². The third-order valence-corrected chi connectivity index (χ3v) is 6.92. The number of hydrogen-bond acceptors (Lipinski definition) is 9. The van der Waals surface area contributed by atoms with E-state index in [-0.39, 0.29) is 5.82 Å². The van der Waals surface area contributed by atoms with E-state index in [1.54, 1.807) is 0 Å². The summed E-state index contributed by atoms with van der Waals surface area (Å²) in [6.45, 7) is 2.74. The van der Waals surface area contributed by atoms with Gasteiger partial charge in [0.1, 0.15) is 24.1 Å². The fraction of sp³-hybridized carbons (Fsp3) is 0.545. The highest BCUT2D eigenvalue weighted by atomic mass is 31.2. The van der Waals surface area contributed by atoms with Crippen molar-refractivity contribution < 1.29 is 47.7 Å². The van der Waals surface area contributed by atoms with E-state index in [0.29, 0.717) is 0 Å². The first-order valence-electron chi connectivity index (χ1n) is 7.02. The van der Waals surface area contributed by atoms with Gasteiger partial charge in [-0.15, -0.1) is 0 Å². The lowest BCUT2D eigenvalue weighted by Crippen LogP contribution is -2.42. The number of rotatable bonds is 6. The maximum atomic E-state index is 13.6. The standard InChI is InChI=1S/C11H18FN3O9P2/c1-5-14-10(13)6(12)2-15(5)11-9(17)8(16)7(24-11)3-23-26(21,22)4-25(18,19)20/h2,7-9,11,16-17H,1,3-4H2,(H2,13,14)(H,21,22)(H2,18,19,20)/t7-,8?,9+,11-/m1/s1. The molecule has 15 heteroatoms. The summed E-state index contributed by atoms with van der Waals surface area (Å²) < 4.78 is 45.8. The SMILES string of the molecule is C=C1N=C(N)C(F)=CN1[C@@H]1O[C@H](COP(=O)(O)CP(=O)(O)O)C(O)[C@@H]1O. The summed E-state index contributed by atoms with van der Waals surface area (Å²) in [5.74, 6) is -2.86. The lowest BCUT2D eigenvalue weighted by atomic mass is 10.1. The zero-order valence-electron chi connectivity index (χ0n) is 13.1. The smallest absolute Gasteiger partial charge is 0.340 e. The topological polar surface area (TPSA) is 195 Å². The van der Waals surface area contributed by atoms with Gasteiger partial charge in [0, 0.05) is 6.20 Å². The van der Waals surface area contributed by atoms with Crippen molar-refractivity contribution >= 4 is 21.0 Å². The Kier molecular flexibility index (Phi) is 6.08. The molecule has 0 saturated carbocycles. The minimum absolute atomic E-state index is 0.0870. The van der Waals surface area contributed by atoms with Crippen LogP contribution in [0, 0.1) is 0 Å². The van der Waals surface area contributed by atoms with Crippen LogP contribution in [0.15, 0.2) is 29.4 Å². The van der Waals surface area contributed by atoms with Crippen LogP contribution >= 0.6 is 15.2 Å². The molecule has 2 heterocycles. The molecule has 7 N–H and O–H groups in total. The van der Waals surface area contributed by atoms with Gasteiger partial charge in [-0.1, -0.05) is 6.58 Å². The van der Waals surface area contributed by atoms with Crippen molar-refractivity contribution in [3.63, 3.8) is 0 Å². The number of halogens is 1. The van der Waals surface area contributed by atoms with Crippen LogP contribution in [0.5, 0.6) is 0 Å². The molecular weight excluding hydrogens is 399 g/mol. The van der Waals surface area contributed by atoms with Gasteiger partial charge in [0.25, 0.3) is 0 Å². The largest absolute Gasteiger partial charge is 0.387 e. The molecule has 0 aliphatic carbocycles. The molecule has 1 fully saturated rings. The highest BCUT2D eigenvalue weighted by Gasteiger charge is 2.47. The van der Waals surface area contributed by atoms with Crippen LogP contribution in [-0.4, -0.2) is 72.7 Å². The van der Waals surface area contributed by atoms with Gasteiger partial charge < -0.3 is 44.8 Å². The number of amidine groups is 1. The summed E-state index contributed by atoms with van der Waals surface area (Å²) in [6.07, 6.45) is -5.06. The summed E-state index contributed by atoms with van der Waals surface area (Å²) in [4.78, 5) is 31.4. The van der Waals surface area contributed by atoms with Crippen molar-refractivity contribution in [3.8, 4) is 0 Å². The number of nitrogens with two attached hydrogens (primary N) is 1. The molecule has 2 aliphatic heterocycles. The van der Waals surface area contributed by atoms with E-state index < -0.39 is 63.9 Å². The van der Waals surface area contributed by atoms with E-state index in [1.807, 2.05) is 0 Å². The number of ether oxygens (including phenoxy) is 1. The lowest BCUT2D eigenvalue weighted by molar-refractivity contribution is -0.0677. The molecule has 26 heavy (non-hydrogen) atoms. The highest BCUT2D eigenvalue weighted by molar-refractivity contribution is 7.70. The first kappa shape index (κ1) is 21.2. The maximum absolute atomic E-state index is 13.6. The fourth-order valence-corrected chi connectivity index (χ4v) is 4.86. The molecule has 0 aromatic carbocycles. The van der Waals surface area contributed by atoms with Crippen LogP contribution in [0.4, 0.5) is 4.39 Å². The quantitative estimate of drug-likeness (QED) is 0.282. The van der Waals surface area contributed by atoms with Crippen LogP contribution in [0.25, 0.3) is 0 Å². The zero-order chi connectivity index (χ0) is 19.9. The van der Waals surface area contributed by atoms with Crippen molar-refractivity contribution in [1.82, 2.24) is 4.90 Å². The second-order valence-electron chi connectivity index (χ2n) is 5.58. The van der Waals surface area contributed by atoms with Gasteiger partial charge in [-0.3, -0.25) is 9.13 Å². The summed E-state index contributed by atoms with van der Waals surface area (Å²) in [5.41, 5.74) is 5.29. The first-order valence-corrected chi connectivity index (χ1v) is 10.6. The Labute approximate surface area is 146 Å². The summed E-state index contributed by atoms with van der Waals surface area (Å²) in [6, 6.07) is 0. The number of aliphatic hydroxyl groups excluding tert-OH is 2. The molecule has 2 unspecified atom stereocenters. The Bertz CT molecular complexity index is 738. The predicted octanol–water partition coefficient (Wildman–Crippen LogP) is -1.27. The van der Waals surface area contributed by atoms with Gasteiger partial charge in [0.2, 0.25) is 0 Å². The normalized spacial score (nSPS) is 32.2. The van der Waals surface area contributed by atoms with Gasteiger partial charge in [-0.05, 0) is 0 Å². The number of nitrogens with zero attached hydrogens (tertiary/aromatic N) is 2. The predicted molar refractivity (Wildman–Crippen MR) is 85.2 cm³/mol. The van der Waals surface area contributed by atoms with Gasteiger partial charge in [-0.2, -0.15) is 0 Å². The van der Waals surface area contributed by atoms with Crippen molar-refractivity contribution in [1.29, 1.82) is 0 Å². The van der Waals surface area contributed by atoms with Crippen LogP contribution in [0.3, 0.4) is 0 Å². The van der Waals surface area contributed by atoms with Crippen molar-refractivity contribution in [2.75, 3.05) is 12.5 Å². The molecule has 0 aromatic heterocycles. The molecule has 0 amide bonds. The molecule has 0 bridgehead atoms. The number of hydrogen-bond donors (Lipinski definition) is 6. The number of aliphatic hydroxyl groups is 2. The Morgan fingerprint density at radius 3 is 2.54 bits per heavy atom. The van der Waals surface area contributed by atoms with Crippen molar-refractivity contribution in [2.45, 2.75) is 24.5 Å². The van der Waals surface area contributed by atoms with E-state index in [1.165, 1.54) is 0 Å². The Morgan fingerprint density at radius 1 is 1.35 bits per heavy atom. The Morgan fingerprint density at radius 2 is 1.96 bits per heavy atom. The molecule has 2 aliphatic rings. The summed E-state index contributed by atoms with van der Waals surface area (Å²) in [7, 11) is -9.49. The van der Waals surface area contributed by atoms with Gasteiger partial charge in [0.05, 0.1) is 6.61 Å². The monoisotopic (exact) mass is 417 g/mol. The molecular formula is C11H18FN3O9P2. The second kappa shape index (κ2) is 7.47. The third-order valence-electron chi connectivity index (χ3n) is 3.46. The van der Waals surface area contributed by atoms with Gasteiger partial charge in [-0.25, -0.2) is 9.38 Å². The van der Waals surface area contributed by atoms with Crippen molar-refractivity contribution in [3.05, 3.63) is 24.4 Å². The van der Waals surface area contributed by atoms with E-state index in [4.69, 9.17) is 20.3 Å². The van der Waals surface area contributed by atoms with E-state index in [9.17, 15) is 28.6 Å². The molecule has 0 radical (unpaired) electrons. The van der Waals surface area contributed by atoms with Crippen LogP contribution in [-0.2, 0) is 18.4 Å². The first-order chi connectivity index (χ1) is 11.8. The van der Waals surface area contributed by atoms with Gasteiger partial charge in [0.15, 0.2) is 23.8 Å². The average Bonchev–Trinajstić information content (AvgIpc) is 2.75. The summed E-state index contributed by atoms with van der Waals surface area (Å²) >= 11 is 0. The van der Waals surface area contributed by atoms with Crippen LogP contribution in [0.1, 0.15) is 0 Å². The molecule has 5 atom stereocenters. The van der Waals surface area contributed by atoms with Crippen LogP contribution in [0.2, 0.25) is 0 Å². The Hall–Kier alpha value is -1.14. The Balaban J connectivity index is 2.05. The van der Waals surface area contributed by atoms with E-state index in [2.05, 4.69) is 16.1 Å². The van der Waals surface area contributed by atoms with Crippen molar-refractivity contribution in [2.24, 2.45) is 10.7 Å². The molecule has 148 valence electrons. The van der Waals surface area contributed by atoms with Gasteiger partial charge >= 0.3 is 15.2 Å². The zero-order valence-corrected chi connectivity index (χ0v) is 14.9. The summed E-state index contributed by atoms with van der Waals surface area (Å²) in [5, 5.41) is 20.0. The minimum Gasteiger partial charge on any atom is -0.387 e. The lowest BCUT2D eigenvalue weighted by Gasteiger charge is -2.30. The molecule has 12 nitrogen and oxygen atoms in total. The number of aliphatic imine (C=N–C) groups is 1. The van der Waals surface area contributed by atoms with E-state index in [0.717, 1.165) is 11.1 Å². The molecule has 2 rings (SSSR count). The third kappa shape index (κ3) is 4.97. The maximum Gasteiger partial charge on any atom is 0.340 e. The fourth-order valence-electron chi connectivity index (χ4n) is 2.29. The minimum atomic E-state index is -4.82. The average molecular weight is 417 g/mol.